The molecule has 0 bridgehead atoms. The summed E-state index contributed by atoms with van der Waals surface area (Å²) in [6.45, 7) is 1.27. The number of carbonyl (C=O) groups is 1. The minimum atomic E-state index is -0.919. The van der Waals surface area contributed by atoms with Crippen LogP contribution in [0.15, 0.2) is 24.3 Å². The molecule has 1 saturated carbocycles. The minimum absolute atomic E-state index is 0.101. The second-order valence-electron chi connectivity index (χ2n) is 5.38. The maximum atomic E-state index is 10.8. The van der Waals surface area contributed by atoms with Crippen LogP contribution in [0.1, 0.15) is 42.5 Å². The lowest BCUT2D eigenvalue weighted by atomic mass is 9.75. The number of nitrogens with two attached hydrogens (primary N) is 1. The topological polar surface area (TPSA) is 72.5 Å². The lowest BCUT2D eigenvalue weighted by molar-refractivity contribution is 0.0696. The number of hydrogen-bond donors (Lipinski definition) is 2. The molecule has 0 aromatic heterocycles. The van der Waals surface area contributed by atoms with Crippen LogP contribution in [0.3, 0.4) is 0 Å². The van der Waals surface area contributed by atoms with Gasteiger partial charge < -0.3 is 15.6 Å². The zero-order chi connectivity index (χ0) is 13.7. The molecule has 0 radical (unpaired) electrons. The number of carboxylic acid groups (broad SMARTS) is 1. The Morgan fingerprint density at radius 2 is 1.84 bits per heavy atom. The molecule has 1 aromatic rings. The molecule has 2 rings (SSSR count). The van der Waals surface area contributed by atoms with Crippen LogP contribution < -0.4 is 10.5 Å². The molecular weight excluding hydrogens is 242 g/mol. The van der Waals surface area contributed by atoms with Crippen molar-refractivity contribution in [3.05, 3.63) is 29.8 Å². The summed E-state index contributed by atoms with van der Waals surface area (Å²) in [6.07, 6.45) is 5.97. The Kier molecular flexibility index (Phi) is 4.43. The highest BCUT2D eigenvalue weighted by atomic mass is 16.5. The van der Waals surface area contributed by atoms with Crippen LogP contribution in [-0.2, 0) is 0 Å². The molecule has 0 aliphatic heterocycles. The smallest absolute Gasteiger partial charge is 0.335 e. The number of carboxylic acids is 1. The molecule has 0 spiro atoms. The molecule has 4 heteroatoms. The molecule has 1 aromatic carbocycles. The highest BCUT2D eigenvalue weighted by molar-refractivity contribution is 5.87. The van der Waals surface area contributed by atoms with E-state index in [1.54, 1.807) is 24.3 Å². The van der Waals surface area contributed by atoms with Crippen molar-refractivity contribution < 1.29 is 14.6 Å². The van der Waals surface area contributed by atoms with Gasteiger partial charge in [-0.15, -0.1) is 0 Å². The van der Waals surface area contributed by atoms with Crippen molar-refractivity contribution >= 4 is 5.97 Å². The Hall–Kier alpha value is -1.55. The van der Waals surface area contributed by atoms with Crippen LogP contribution in [0.25, 0.3) is 0 Å². The van der Waals surface area contributed by atoms with Crippen molar-refractivity contribution in [2.75, 3.05) is 13.2 Å². The Balaban J connectivity index is 1.95. The molecule has 0 unspecified atom stereocenters. The highest BCUT2D eigenvalue weighted by Crippen LogP contribution is 2.35. The van der Waals surface area contributed by atoms with Crippen molar-refractivity contribution in [3.63, 3.8) is 0 Å². The predicted molar refractivity (Wildman–Crippen MR) is 73.5 cm³/mol. The third-order valence-electron chi connectivity index (χ3n) is 3.99. The third-order valence-corrected chi connectivity index (χ3v) is 3.99. The SMILES string of the molecule is NCC1(COc2ccc(C(=O)O)cc2)CCCCC1. The first kappa shape index (κ1) is 13.9. The lowest BCUT2D eigenvalue weighted by Gasteiger charge is -2.35. The first-order valence-electron chi connectivity index (χ1n) is 6.81. The Morgan fingerprint density at radius 3 is 2.37 bits per heavy atom. The number of ether oxygens (including phenoxy) is 1. The molecule has 0 atom stereocenters. The standard InChI is InChI=1S/C15H21NO3/c16-10-15(8-2-1-3-9-15)11-19-13-6-4-12(5-7-13)14(17)18/h4-7H,1-3,8-11,16H2,(H,17,18). The van der Waals surface area contributed by atoms with Gasteiger partial charge in [0.1, 0.15) is 5.75 Å². The zero-order valence-corrected chi connectivity index (χ0v) is 11.1. The first-order valence-corrected chi connectivity index (χ1v) is 6.81. The molecule has 0 heterocycles. The van der Waals surface area contributed by atoms with Crippen LogP contribution in [0.4, 0.5) is 0 Å². The minimum Gasteiger partial charge on any atom is -0.493 e. The summed E-state index contributed by atoms with van der Waals surface area (Å²) in [5.74, 6) is -0.208. The van der Waals surface area contributed by atoms with Gasteiger partial charge in [0.2, 0.25) is 0 Å². The summed E-state index contributed by atoms with van der Waals surface area (Å²) in [5.41, 5.74) is 6.29. The largest absolute Gasteiger partial charge is 0.493 e. The Labute approximate surface area is 113 Å². The van der Waals surface area contributed by atoms with Crippen LogP contribution in [-0.4, -0.2) is 24.2 Å². The van der Waals surface area contributed by atoms with Crippen LogP contribution in [0.2, 0.25) is 0 Å². The number of rotatable bonds is 5. The van der Waals surface area contributed by atoms with Crippen molar-refractivity contribution in [3.8, 4) is 5.75 Å². The zero-order valence-electron chi connectivity index (χ0n) is 11.1. The van der Waals surface area contributed by atoms with Crippen LogP contribution >= 0.6 is 0 Å². The molecule has 3 N–H and O–H groups in total. The molecule has 1 aliphatic rings. The fourth-order valence-electron chi connectivity index (χ4n) is 2.64. The van der Waals surface area contributed by atoms with E-state index in [1.165, 1.54) is 19.3 Å². The van der Waals surface area contributed by atoms with E-state index < -0.39 is 5.97 Å². The van der Waals surface area contributed by atoms with Gasteiger partial charge in [0.15, 0.2) is 0 Å². The fourth-order valence-corrected chi connectivity index (χ4v) is 2.64. The maximum absolute atomic E-state index is 10.8. The van der Waals surface area contributed by atoms with E-state index in [2.05, 4.69) is 0 Å². The molecular formula is C15H21NO3. The Bertz CT molecular complexity index is 422. The summed E-state index contributed by atoms with van der Waals surface area (Å²) < 4.78 is 5.80. The van der Waals surface area contributed by atoms with Crippen molar-refractivity contribution in [1.29, 1.82) is 0 Å². The van der Waals surface area contributed by atoms with E-state index in [1.807, 2.05) is 0 Å². The maximum Gasteiger partial charge on any atom is 0.335 e. The molecule has 0 amide bonds. The normalized spacial score (nSPS) is 17.9. The van der Waals surface area contributed by atoms with E-state index in [-0.39, 0.29) is 11.0 Å². The summed E-state index contributed by atoms with van der Waals surface area (Å²) >= 11 is 0. The molecule has 19 heavy (non-hydrogen) atoms. The molecule has 0 saturated heterocycles. The summed E-state index contributed by atoms with van der Waals surface area (Å²) in [5, 5.41) is 8.83. The second kappa shape index (κ2) is 6.06. The predicted octanol–water partition coefficient (Wildman–Crippen LogP) is 2.67. The summed E-state index contributed by atoms with van der Waals surface area (Å²) in [4.78, 5) is 10.8. The van der Waals surface area contributed by atoms with E-state index in [4.69, 9.17) is 15.6 Å². The van der Waals surface area contributed by atoms with Gasteiger partial charge in [0, 0.05) is 12.0 Å². The van der Waals surface area contributed by atoms with Crippen molar-refractivity contribution in [2.24, 2.45) is 11.1 Å². The summed E-state index contributed by atoms with van der Waals surface area (Å²) in [6, 6.07) is 6.54. The average Bonchev–Trinajstić information content (AvgIpc) is 2.46. The van der Waals surface area contributed by atoms with Gasteiger partial charge in [0.05, 0.1) is 12.2 Å². The van der Waals surface area contributed by atoms with Crippen LogP contribution in [0, 0.1) is 5.41 Å². The second-order valence-corrected chi connectivity index (χ2v) is 5.38. The van der Waals surface area contributed by atoms with Crippen molar-refractivity contribution in [1.82, 2.24) is 0 Å². The molecule has 1 aliphatic carbocycles. The molecule has 1 fully saturated rings. The van der Waals surface area contributed by atoms with E-state index >= 15 is 0 Å². The Morgan fingerprint density at radius 1 is 1.21 bits per heavy atom. The van der Waals surface area contributed by atoms with E-state index in [9.17, 15) is 4.79 Å². The highest BCUT2D eigenvalue weighted by Gasteiger charge is 2.31. The quantitative estimate of drug-likeness (QED) is 0.856. The number of hydrogen-bond acceptors (Lipinski definition) is 3. The number of benzene rings is 1. The van der Waals surface area contributed by atoms with Gasteiger partial charge in [-0.2, -0.15) is 0 Å². The van der Waals surface area contributed by atoms with E-state index in [0.717, 1.165) is 12.8 Å². The average molecular weight is 263 g/mol. The van der Waals surface area contributed by atoms with E-state index in [0.29, 0.717) is 18.9 Å². The van der Waals surface area contributed by atoms with Gasteiger partial charge >= 0.3 is 5.97 Å². The van der Waals surface area contributed by atoms with Gasteiger partial charge in [-0.3, -0.25) is 0 Å². The number of aromatic carboxylic acids is 1. The first-order chi connectivity index (χ1) is 9.15. The van der Waals surface area contributed by atoms with Crippen LogP contribution in [0.5, 0.6) is 5.75 Å². The lowest BCUT2D eigenvalue weighted by Crippen LogP contribution is -2.38. The monoisotopic (exact) mass is 263 g/mol. The van der Waals surface area contributed by atoms with Gasteiger partial charge in [0.25, 0.3) is 0 Å². The molecule has 4 nitrogen and oxygen atoms in total. The van der Waals surface area contributed by atoms with Gasteiger partial charge in [-0.1, -0.05) is 19.3 Å². The fraction of sp³-hybridized carbons (Fsp3) is 0.533. The van der Waals surface area contributed by atoms with Gasteiger partial charge in [-0.25, -0.2) is 4.79 Å². The molecule has 104 valence electrons. The van der Waals surface area contributed by atoms with Gasteiger partial charge in [-0.05, 0) is 37.1 Å². The van der Waals surface area contributed by atoms with Crippen molar-refractivity contribution in [2.45, 2.75) is 32.1 Å². The summed E-state index contributed by atoms with van der Waals surface area (Å²) in [7, 11) is 0. The third kappa shape index (κ3) is 3.47.